The molecule has 1 aliphatic rings. The third-order valence-corrected chi connectivity index (χ3v) is 5.07. The number of aromatic nitrogens is 5. The lowest BCUT2D eigenvalue weighted by atomic mass is 10.0. The van der Waals surface area contributed by atoms with E-state index >= 15 is 0 Å². The lowest BCUT2D eigenvalue weighted by Crippen LogP contribution is -2.33. The minimum Gasteiger partial charge on any atom is -0.339 e. The van der Waals surface area contributed by atoms with E-state index in [1.165, 1.54) is 0 Å². The fourth-order valence-electron chi connectivity index (χ4n) is 3.42. The maximum absolute atomic E-state index is 12.8. The Bertz CT molecular complexity index is 945. The van der Waals surface area contributed by atoms with Crippen LogP contribution in [0, 0.1) is 5.92 Å². The quantitative estimate of drug-likeness (QED) is 0.659. The van der Waals surface area contributed by atoms with Crippen LogP contribution in [-0.2, 0) is 0 Å². The molecule has 4 heterocycles. The molecule has 0 radical (unpaired) electrons. The van der Waals surface area contributed by atoms with Gasteiger partial charge in [-0.1, -0.05) is 19.0 Å². The molecule has 0 aromatic carbocycles. The SMILES string of the molecule is CC(C)C(NC(=O)c1ccn(C2CCCNC2)n1)c1nc(-c2cccnc2)no1. The molecule has 0 aliphatic carbocycles. The average molecular weight is 395 g/mol. The Morgan fingerprint density at radius 2 is 2.28 bits per heavy atom. The number of nitrogens with zero attached hydrogens (tertiary/aromatic N) is 5. The highest BCUT2D eigenvalue weighted by atomic mass is 16.5. The van der Waals surface area contributed by atoms with Crippen molar-refractivity contribution in [1.82, 2.24) is 35.5 Å². The van der Waals surface area contributed by atoms with Crippen LogP contribution in [0.1, 0.15) is 55.2 Å². The first kappa shape index (κ1) is 19.3. The van der Waals surface area contributed by atoms with Gasteiger partial charge in [0, 0.05) is 30.7 Å². The molecule has 9 heteroatoms. The van der Waals surface area contributed by atoms with Crippen molar-refractivity contribution in [2.75, 3.05) is 13.1 Å². The molecule has 2 unspecified atom stereocenters. The Kier molecular flexibility index (Phi) is 5.66. The Morgan fingerprint density at radius 3 is 3.00 bits per heavy atom. The number of carbonyl (C=O) groups excluding carboxylic acids is 1. The van der Waals surface area contributed by atoms with E-state index in [0.717, 1.165) is 31.5 Å². The molecule has 1 saturated heterocycles. The summed E-state index contributed by atoms with van der Waals surface area (Å²) in [4.78, 5) is 21.3. The van der Waals surface area contributed by atoms with Gasteiger partial charge in [-0.2, -0.15) is 10.1 Å². The number of hydrogen-bond acceptors (Lipinski definition) is 7. The smallest absolute Gasteiger partial charge is 0.272 e. The Hall–Kier alpha value is -3.07. The summed E-state index contributed by atoms with van der Waals surface area (Å²) < 4.78 is 7.32. The summed E-state index contributed by atoms with van der Waals surface area (Å²) in [6, 6.07) is 5.28. The largest absolute Gasteiger partial charge is 0.339 e. The molecule has 29 heavy (non-hydrogen) atoms. The summed E-state index contributed by atoms with van der Waals surface area (Å²) in [6.45, 7) is 5.89. The van der Waals surface area contributed by atoms with E-state index in [9.17, 15) is 4.79 Å². The molecule has 0 saturated carbocycles. The molecule has 2 N–H and O–H groups in total. The molecule has 2 atom stereocenters. The zero-order chi connectivity index (χ0) is 20.2. The molecule has 3 aromatic heterocycles. The van der Waals surface area contributed by atoms with Crippen LogP contribution in [-0.4, -0.2) is 43.9 Å². The summed E-state index contributed by atoms with van der Waals surface area (Å²) in [6.07, 6.45) is 7.39. The van der Waals surface area contributed by atoms with Crippen LogP contribution in [0.3, 0.4) is 0 Å². The second kappa shape index (κ2) is 8.52. The lowest BCUT2D eigenvalue weighted by molar-refractivity contribution is 0.0907. The standard InChI is InChI=1S/C20H25N7O2/c1-13(2)17(20-24-18(26-29-20)14-5-3-8-21-11-14)23-19(28)16-7-10-27(25-16)15-6-4-9-22-12-15/h3,5,7-8,10-11,13,15,17,22H,4,6,9,12H2,1-2H3,(H,23,28). The maximum atomic E-state index is 12.8. The summed E-state index contributed by atoms with van der Waals surface area (Å²) in [5.41, 5.74) is 1.14. The number of amides is 1. The first-order chi connectivity index (χ1) is 14.1. The van der Waals surface area contributed by atoms with Gasteiger partial charge in [-0.05, 0) is 43.5 Å². The third-order valence-electron chi connectivity index (χ3n) is 5.07. The normalized spacial score (nSPS) is 18.0. The second-order valence-corrected chi connectivity index (χ2v) is 7.57. The van der Waals surface area contributed by atoms with Crippen LogP contribution in [0.2, 0.25) is 0 Å². The highest BCUT2D eigenvalue weighted by Crippen LogP contribution is 2.24. The lowest BCUT2D eigenvalue weighted by Gasteiger charge is -2.23. The van der Waals surface area contributed by atoms with Crippen molar-refractivity contribution in [1.29, 1.82) is 0 Å². The number of carbonyl (C=O) groups is 1. The van der Waals surface area contributed by atoms with Crippen molar-refractivity contribution in [2.24, 2.45) is 5.92 Å². The van der Waals surface area contributed by atoms with Gasteiger partial charge in [-0.3, -0.25) is 14.5 Å². The zero-order valence-corrected chi connectivity index (χ0v) is 16.6. The van der Waals surface area contributed by atoms with E-state index in [-0.39, 0.29) is 17.9 Å². The molecule has 3 aromatic rings. The van der Waals surface area contributed by atoms with Crippen LogP contribution in [0.5, 0.6) is 0 Å². The fraction of sp³-hybridized carbons (Fsp3) is 0.450. The molecule has 0 spiro atoms. The minimum atomic E-state index is -0.415. The topological polar surface area (TPSA) is 111 Å². The maximum Gasteiger partial charge on any atom is 0.272 e. The predicted octanol–water partition coefficient (Wildman–Crippen LogP) is 2.38. The summed E-state index contributed by atoms with van der Waals surface area (Å²) >= 11 is 0. The van der Waals surface area contributed by atoms with Gasteiger partial charge in [-0.15, -0.1) is 0 Å². The van der Waals surface area contributed by atoms with E-state index in [1.807, 2.05) is 36.9 Å². The number of piperidine rings is 1. The highest BCUT2D eigenvalue weighted by molar-refractivity contribution is 5.92. The van der Waals surface area contributed by atoms with E-state index in [1.54, 1.807) is 18.5 Å². The van der Waals surface area contributed by atoms with Gasteiger partial charge in [0.1, 0.15) is 11.7 Å². The van der Waals surface area contributed by atoms with E-state index in [0.29, 0.717) is 17.4 Å². The number of pyridine rings is 1. The summed E-state index contributed by atoms with van der Waals surface area (Å²) in [5.74, 6) is 0.614. The van der Waals surface area contributed by atoms with Gasteiger partial charge in [0.05, 0.1) is 6.04 Å². The van der Waals surface area contributed by atoms with E-state index in [4.69, 9.17) is 4.52 Å². The van der Waals surface area contributed by atoms with E-state index in [2.05, 4.69) is 30.9 Å². The molecule has 9 nitrogen and oxygen atoms in total. The molecule has 4 rings (SSSR count). The second-order valence-electron chi connectivity index (χ2n) is 7.57. The van der Waals surface area contributed by atoms with Gasteiger partial charge in [-0.25, -0.2) is 0 Å². The average Bonchev–Trinajstić information content (AvgIpc) is 3.43. The molecule has 1 amide bonds. The number of rotatable bonds is 6. The van der Waals surface area contributed by atoms with Gasteiger partial charge in [0.15, 0.2) is 0 Å². The van der Waals surface area contributed by atoms with Gasteiger partial charge in [0.25, 0.3) is 5.91 Å². The third kappa shape index (κ3) is 4.34. The summed E-state index contributed by atoms with van der Waals surface area (Å²) in [7, 11) is 0. The Labute approximate surface area is 168 Å². The first-order valence-electron chi connectivity index (χ1n) is 9.92. The van der Waals surface area contributed by atoms with Crippen LogP contribution >= 0.6 is 0 Å². The predicted molar refractivity (Wildman–Crippen MR) is 106 cm³/mol. The zero-order valence-electron chi connectivity index (χ0n) is 16.6. The first-order valence-corrected chi connectivity index (χ1v) is 9.92. The Balaban J connectivity index is 1.48. The monoisotopic (exact) mass is 395 g/mol. The molecule has 1 aliphatic heterocycles. The van der Waals surface area contributed by atoms with Crippen molar-refractivity contribution in [3.63, 3.8) is 0 Å². The van der Waals surface area contributed by atoms with Gasteiger partial charge >= 0.3 is 0 Å². The molecule has 152 valence electrons. The molecular formula is C20H25N7O2. The van der Waals surface area contributed by atoms with Crippen LogP contribution in [0.4, 0.5) is 0 Å². The van der Waals surface area contributed by atoms with Gasteiger partial charge in [0.2, 0.25) is 11.7 Å². The van der Waals surface area contributed by atoms with Crippen LogP contribution in [0.15, 0.2) is 41.3 Å². The van der Waals surface area contributed by atoms with Crippen LogP contribution < -0.4 is 10.6 Å². The minimum absolute atomic E-state index is 0.0609. The van der Waals surface area contributed by atoms with Crippen LogP contribution in [0.25, 0.3) is 11.4 Å². The molecule has 0 bridgehead atoms. The van der Waals surface area contributed by atoms with Crippen molar-refractivity contribution in [3.8, 4) is 11.4 Å². The van der Waals surface area contributed by atoms with Gasteiger partial charge < -0.3 is 15.2 Å². The molecule has 1 fully saturated rings. The number of nitrogens with one attached hydrogen (secondary N) is 2. The highest BCUT2D eigenvalue weighted by Gasteiger charge is 2.26. The fourth-order valence-corrected chi connectivity index (χ4v) is 3.42. The molecular weight excluding hydrogens is 370 g/mol. The van der Waals surface area contributed by atoms with E-state index < -0.39 is 6.04 Å². The van der Waals surface area contributed by atoms with Crippen molar-refractivity contribution in [3.05, 3.63) is 48.4 Å². The van der Waals surface area contributed by atoms with Crippen molar-refractivity contribution < 1.29 is 9.32 Å². The van der Waals surface area contributed by atoms with Crippen molar-refractivity contribution >= 4 is 5.91 Å². The van der Waals surface area contributed by atoms with Crippen molar-refractivity contribution in [2.45, 2.75) is 38.8 Å². The summed E-state index contributed by atoms with van der Waals surface area (Å²) in [5, 5.41) is 14.9. The number of hydrogen-bond donors (Lipinski definition) is 2. The Morgan fingerprint density at radius 1 is 1.38 bits per heavy atom.